The first-order chi connectivity index (χ1) is 11.3. The maximum atomic E-state index is 12.6. The third-order valence-corrected chi connectivity index (χ3v) is 5.63. The summed E-state index contributed by atoms with van der Waals surface area (Å²) in [7, 11) is 0. The van der Waals surface area contributed by atoms with Gasteiger partial charge < -0.3 is 13.9 Å². The van der Waals surface area contributed by atoms with Gasteiger partial charge in [0, 0.05) is 5.41 Å². The van der Waals surface area contributed by atoms with Crippen LogP contribution in [0.15, 0.2) is 51.9 Å². The van der Waals surface area contributed by atoms with Crippen LogP contribution in [0.25, 0.3) is 11.0 Å². The molecule has 0 amide bonds. The number of allylic oxidation sites excluding steroid dienone is 2. The summed E-state index contributed by atoms with van der Waals surface area (Å²) in [5, 5.41) is 0.570. The molecule has 4 heteroatoms. The molecule has 2 atom stereocenters. The lowest BCUT2D eigenvalue weighted by molar-refractivity contribution is -0.240. The first kappa shape index (κ1) is 13.5. The number of fused-ring (bicyclic) bond motifs is 4. The van der Waals surface area contributed by atoms with Crippen molar-refractivity contribution in [3.05, 3.63) is 58.5 Å². The Balaban J connectivity index is 1.43. The Morgan fingerprint density at radius 3 is 2.65 bits per heavy atom. The van der Waals surface area contributed by atoms with Gasteiger partial charge in [-0.3, -0.25) is 4.79 Å². The van der Waals surface area contributed by atoms with E-state index in [0.29, 0.717) is 41.6 Å². The summed E-state index contributed by atoms with van der Waals surface area (Å²) in [4.78, 5) is 12.6. The van der Waals surface area contributed by atoms with E-state index < -0.39 is 6.29 Å². The van der Waals surface area contributed by atoms with Gasteiger partial charge in [-0.1, -0.05) is 24.3 Å². The van der Waals surface area contributed by atoms with Gasteiger partial charge in [0.15, 0.2) is 6.29 Å². The van der Waals surface area contributed by atoms with Crippen molar-refractivity contribution >= 4 is 11.0 Å². The monoisotopic (exact) mass is 310 g/mol. The second-order valence-corrected chi connectivity index (χ2v) is 7.02. The van der Waals surface area contributed by atoms with Gasteiger partial charge in [-0.2, -0.15) is 0 Å². The Hall–Kier alpha value is -1.91. The molecule has 1 spiro atoms. The number of hydrogen-bond donors (Lipinski definition) is 0. The number of benzene rings is 1. The highest BCUT2D eigenvalue weighted by Gasteiger charge is 2.51. The van der Waals surface area contributed by atoms with Crippen molar-refractivity contribution in [1.29, 1.82) is 0 Å². The zero-order valence-electron chi connectivity index (χ0n) is 12.7. The van der Waals surface area contributed by atoms with Crippen molar-refractivity contribution in [2.45, 2.75) is 19.1 Å². The van der Waals surface area contributed by atoms with Crippen LogP contribution in [0.2, 0.25) is 0 Å². The maximum absolute atomic E-state index is 12.6. The summed E-state index contributed by atoms with van der Waals surface area (Å²) in [6.45, 7) is 1.30. The van der Waals surface area contributed by atoms with Gasteiger partial charge in [0.25, 0.3) is 0 Å². The van der Waals surface area contributed by atoms with Crippen molar-refractivity contribution in [3.8, 4) is 0 Å². The molecule has 2 aliphatic carbocycles. The molecule has 1 aromatic heterocycles. The van der Waals surface area contributed by atoms with E-state index in [9.17, 15) is 4.79 Å². The molecule has 2 heterocycles. The zero-order chi connectivity index (χ0) is 15.4. The molecule has 2 aromatic rings. The first-order valence-corrected chi connectivity index (χ1v) is 8.17. The van der Waals surface area contributed by atoms with E-state index in [0.717, 1.165) is 6.42 Å². The third-order valence-electron chi connectivity index (χ3n) is 5.63. The van der Waals surface area contributed by atoms with Crippen molar-refractivity contribution in [2.75, 3.05) is 13.2 Å². The van der Waals surface area contributed by atoms with Gasteiger partial charge >= 0.3 is 0 Å². The largest absolute Gasteiger partial charge is 0.464 e. The molecule has 3 aliphatic rings. The molecule has 0 unspecified atom stereocenters. The van der Waals surface area contributed by atoms with Crippen LogP contribution in [0, 0.1) is 17.3 Å². The van der Waals surface area contributed by atoms with Crippen LogP contribution in [-0.2, 0) is 9.47 Å². The molecule has 0 N–H and O–H groups in total. The Kier molecular flexibility index (Phi) is 2.82. The average molecular weight is 310 g/mol. The van der Waals surface area contributed by atoms with Gasteiger partial charge in [0.1, 0.15) is 11.8 Å². The molecule has 2 bridgehead atoms. The Bertz CT molecular complexity index is 842. The molecule has 2 fully saturated rings. The van der Waals surface area contributed by atoms with E-state index in [1.807, 2.05) is 12.1 Å². The molecule has 1 aliphatic heterocycles. The lowest BCUT2D eigenvalue weighted by Crippen LogP contribution is -2.42. The first-order valence-electron chi connectivity index (χ1n) is 8.17. The predicted molar refractivity (Wildman–Crippen MR) is 84.9 cm³/mol. The molecule has 118 valence electrons. The maximum Gasteiger partial charge on any atom is 0.200 e. The molecule has 1 saturated carbocycles. The number of hydrogen-bond acceptors (Lipinski definition) is 4. The summed E-state index contributed by atoms with van der Waals surface area (Å²) in [6.07, 6.45) is 7.84. The number of para-hydroxylation sites is 1. The fourth-order valence-corrected chi connectivity index (χ4v) is 4.39. The zero-order valence-corrected chi connectivity index (χ0v) is 12.7. The fraction of sp³-hybridized carbons (Fsp3) is 0.421. The van der Waals surface area contributed by atoms with Crippen LogP contribution in [0.5, 0.6) is 0 Å². The Morgan fingerprint density at radius 2 is 1.91 bits per heavy atom. The van der Waals surface area contributed by atoms with Crippen LogP contribution in [-0.4, -0.2) is 13.2 Å². The number of rotatable bonds is 1. The quantitative estimate of drug-likeness (QED) is 0.757. The van der Waals surface area contributed by atoms with E-state index >= 15 is 0 Å². The number of ether oxygens (including phenoxy) is 2. The fourth-order valence-electron chi connectivity index (χ4n) is 4.39. The molecule has 4 nitrogen and oxygen atoms in total. The highest BCUT2D eigenvalue weighted by atomic mass is 16.7. The highest BCUT2D eigenvalue weighted by molar-refractivity contribution is 5.76. The van der Waals surface area contributed by atoms with E-state index in [4.69, 9.17) is 13.9 Å². The average Bonchev–Trinajstić information content (AvgIpc) is 3.18. The minimum absolute atomic E-state index is 0.0689. The second kappa shape index (κ2) is 4.79. The van der Waals surface area contributed by atoms with Crippen molar-refractivity contribution in [1.82, 2.24) is 0 Å². The van der Waals surface area contributed by atoms with E-state index in [1.54, 1.807) is 12.1 Å². The Labute approximate surface area is 133 Å². The molecule has 5 rings (SSSR count). The summed E-state index contributed by atoms with van der Waals surface area (Å²) in [5.41, 5.74) is 1.08. The summed E-state index contributed by atoms with van der Waals surface area (Å²) >= 11 is 0. The van der Waals surface area contributed by atoms with Crippen LogP contribution in [0.1, 0.15) is 24.7 Å². The molecular formula is C19H18O4. The van der Waals surface area contributed by atoms with E-state index in [-0.39, 0.29) is 10.8 Å². The van der Waals surface area contributed by atoms with Crippen LogP contribution in [0.4, 0.5) is 0 Å². The summed E-state index contributed by atoms with van der Waals surface area (Å²) in [6, 6.07) is 7.25. The van der Waals surface area contributed by atoms with Crippen LogP contribution >= 0.6 is 0 Å². The Morgan fingerprint density at radius 1 is 1.09 bits per heavy atom. The second-order valence-electron chi connectivity index (χ2n) is 7.02. The van der Waals surface area contributed by atoms with Gasteiger partial charge in [-0.25, -0.2) is 0 Å². The van der Waals surface area contributed by atoms with Gasteiger partial charge in [0.05, 0.1) is 24.2 Å². The van der Waals surface area contributed by atoms with Crippen LogP contribution < -0.4 is 5.43 Å². The minimum Gasteiger partial charge on any atom is -0.464 e. The standard InChI is InChI=1S/C19H18O4/c20-17-14-3-1-2-4-16(14)21-9-15(17)18-22-10-19(11-23-18)8-12-5-6-13(19)7-12/h1-6,9,12-13,18H,7-8,10-11H2/t12-,13+,18?,19?/m0/s1. The molecule has 23 heavy (non-hydrogen) atoms. The predicted octanol–water partition coefficient (Wildman–Crippen LogP) is 3.42. The normalized spacial score (nSPS) is 35.4. The summed E-state index contributed by atoms with van der Waals surface area (Å²) < 4.78 is 17.5. The minimum atomic E-state index is -0.621. The van der Waals surface area contributed by atoms with Crippen molar-refractivity contribution in [2.24, 2.45) is 17.3 Å². The molecule has 1 aromatic carbocycles. The van der Waals surface area contributed by atoms with E-state index in [1.165, 1.54) is 12.7 Å². The molecule has 1 saturated heterocycles. The highest BCUT2D eigenvalue weighted by Crippen LogP contribution is 2.54. The lowest BCUT2D eigenvalue weighted by atomic mass is 9.76. The van der Waals surface area contributed by atoms with Crippen molar-refractivity contribution in [3.63, 3.8) is 0 Å². The van der Waals surface area contributed by atoms with Crippen molar-refractivity contribution < 1.29 is 13.9 Å². The lowest BCUT2D eigenvalue weighted by Gasteiger charge is -2.41. The molecule has 0 radical (unpaired) electrons. The van der Waals surface area contributed by atoms with Crippen LogP contribution in [0.3, 0.4) is 0 Å². The molecular weight excluding hydrogens is 292 g/mol. The van der Waals surface area contributed by atoms with Gasteiger partial charge in [-0.15, -0.1) is 0 Å². The smallest absolute Gasteiger partial charge is 0.200 e. The third kappa shape index (κ3) is 1.95. The van der Waals surface area contributed by atoms with Gasteiger partial charge in [-0.05, 0) is 36.8 Å². The van der Waals surface area contributed by atoms with E-state index in [2.05, 4.69) is 12.2 Å². The topological polar surface area (TPSA) is 48.7 Å². The summed E-state index contributed by atoms with van der Waals surface area (Å²) in [5.74, 6) is 1.23. The SMILES string of the molecule is O=c1c(C2OCC3(CO2)C[C@H]2C=C[C@@H]3C2)coc2ccccc12. The van der Waals surface area contributed by atoms with Gasteiger partial charge in [0.2, 0.25) is 5.43 Å².